The van der Waals surface area contributed by atoms with Gasteiger partial charge in [0, 0.05) is 35.6 Å². The second kappa shape index (κ2) is 7.48. The van der Waals surface area contributed by atoms with Crippen LogP contribution < -0.4 is 15.0 Å². The van der Waals surface area contributed by atoms with Crippen molar-refractivity contribution in [1.82, 2.24) is 5.32 Å². The van der Waals surface area contributed by atoms with Crippen LogP contribution in [-0.2, 0) is 13.1 Å². The number of methoxy groups -OCH3 is 1. The van der Waals surface area contributed by atoms with Crippen molar-refractivity contribution in [2.45, 2.75) is 26.9 Å². The van der Waals surface area contributed by atoms with Crippen LogP contribution in [0.5, 0.6) is 5.75 Å². The van der Waals surface area contributed by atoms with Crippen molar-refractivity contribution in [2.75, 3.05) is 25.6 Å². The largest absolute Gasteiger partial charge is 0.497 e. The molecule has 0 saturated heterocycles. The first-order valence-corrected chi connectivity index (χ1v) is 8.09. The van der Waals surface area contributed by atoms with Gasteiger partial charge >= 0.3 is 0 Å². The molecule has 1 aromatic heterocycles. The van der Waals surface area contributed by atoms with Crippen molar-refractivity contribution in [2.24, 2.45) is 0 Å². The molecule has 1 aromatic carbocycles. The Hall–Kier alpha value is -1.52. The minimum absolute atomic E-state index is 0.895. The summed E-state index contributed by atoms with van der Waals surface area (Å²) in [5, 5.41) is 3.39. The number of nitrogens with one attached hydrogen (secondary N) is 1. The molecule has 2 aromatic rings. The first-order chi connectivity index (χ1) is 10.1. The summed E-state index contributed by atoms with van der Waals surface area (Å²) in [6.45, 7) is 7.25. The van der Waals surface area contributed by atoms with E-state index in [0.717, 1.165) is 25.4 Å². The Morgan fingerprint density at radius 2 is 1.95 bits per heavy atom. The van der Waals surface area contributed by atoms with Gasteiger partial charge in [0.15, 0.2) is 0 Å². The minimum Gasteiger partial charge on any atom is -0.497 e. The molecule has 0 atom stereocenters. The predicted molar refractivity (Wildman–Crippen MR) is 91.5 cm³/mol. The number of hydrogen-bond acceptors (Lipinski definition) is 4. The van der Waals surface area contributed by atoms with E-state index in [1.807, 2.05) is 23.5 Å². The fourth-order valence-corrected chi connectivity index (χ4v) is 3.29. The molecule has 0 amide bonds. The third-order valence-electron chi connectivity index (χ3n) is 3.54. The van der Waals surface area contributed by atoms with Crippen LogP contribution in [0.3, 0.4) is 0 Å². The third kappa shape index (κ3) is 4.22. The van der Waals surface area contributed by atoms with Crippen molar-refractivity contribution < 1.29 is 4.74 Å². The Morgan fingerprint density at radius 3 is 2.57 bits per heavy atom. The number of aryl methyl sites for hydroxylation is 1. The smallest absolute Gasteiger partial charge is 0.119 e. The summed E-state index contributed by atoms with van der Waals surface area (Å²) >= 11 is 1.89. The zero-order valence-electron chi connectivity index (χ0n) is 13.3. The van der Waals surface area contributed by atoms with Crippen LogP contribution in [0.15, 0.2) is 30.3 Å². The summed E-state index contributed by atoms with van der Waals surface area (Å²) in [6.07, 6.45) is 0. The SMILES string of the molecule is CCNCc1cc(CN(C)c2ccc(OC)cc2)c(C)s1. The molecule has 0 bridgehead atoms. The highest BCUT2D eigenvalue weighted by Crippen LogP contribution is 2.25. The predicted octanol–water partition coefficient (Wildman–Crippen LogP) is 3.81. The molecule has 0 fully saturated rings. The molecule has 0 aliphatic carbocycles. The summed E-state index contributed by atoms with van der Waals surface area (Å²) in [5.74, 6) is 0.895. The van der Waals surface area contributed by atoms with Gasteiger partial charge in [-0.2, -0.15) is 0 Å². The Bertz CT molecular complexity index is 563. The number of thiophene rings is 1. The zero-order valence-corrected chi connectivity index (χ0v) is 14.1. The van der Waals surface area contributed by atoms with Crippen LogP contribution in [0, 0.1) is 6.92 Å². The van der Waals surface area contributed by atoms with Crippen LogP contribution in [0.4, 0.5) is 5.69 Å². The van der Waals surface area contributed by atoms with Gasteiger partial charge in [-0.15, -0.1) is 11.3 Å². The highest BCUT2D eigenvalue weighted by atomic mass is 32.1. The molecule has 0 spiro atoms. The number of hydrogen-bond donors (Lipinski definition) is 1. The third-order valence-corrected chi connectivity index (χ3v) is 4.63. The summed E-state index contributed by atoms with van der Waals surface area (Å²) < 4.78 is 5.20. The Labute approximate surface area is 131 Å². The number of benzene rings is 1. The fraction of sp³-hybridized carbons (Fsp3) is 0.412. The van der Waals surface area contributed by atoms with Crippen molar-refractivity contribution in [1.29, 1.82) is 0 Å². The molecule has 2 rings (SSSR count). The molecule has 0 aliphatic rings. The van der Waals surface area contributed by atoms with E-state index in [1.165, 1.54) is 21.0 Å². The van der Waals surface area contributed by atoms with E-state index < -0.39 is 0 Å². The lowest BCUT2D eigenvalue weighted by molar-refractivity contribution is 0.415. The van der Waals surface area contributed by atoms with E-state index >= 15 is 0 Å². The van der Waals surface area contributed by atoms with E-state index in [4.69, 9.17) is 4.74 Å². The first kappa shape index (κ1) is 15.9. The van der Waals surface area contributed by atoms with Crippen molar-refractivity contribution in [3.8, 4) is 5.75 Å². The van der Waals surface area contributed by atoms with Crippen molar-refractivity contribution in [3.05, 3.63) is 45.6 Å². The highest BCUT2D eigenvalue weighted by Gasteiger charge is 2.09. The van der Waals surface area contributed by atoms with Gasteiger partial charge in [-0.25, -0.2) is 0 Å². The van der Waals surface area contributed by atoms with Gasteiger partial charge in [-0.1, -0.05) is 6.92 Å². The molecular formula is C17H24N2OS. The van der Waals surface area contributed by atoms with Gasteiger partial charge in [0.2, 0.25) is 0 Å². The Morgan fingerprint density at radius 1 is 1.24 bits per heavy atom. The van der Waals surface area contributed by atoms with Gasteiger partial charge in [-0.05, 0) is 49.4 Å². The van der Waals surface area contributed by atoms with E-state index in [1.54, 1.807) is 7.11 Å². The first-order valence-electron chi connectivity index (χ1n) is 7.28. The van der Waals surface area contributed by atoms with Gasteiger partial charge in [-0.3, -0.25) is 0 Å². The van der Waals surface area contributed by atoms with Gasteiger partial charge in [0.25, 0.3) is 0 Å². The van der Waals surface area contributed by atoms with Crippen LogP contribution in [0.2, 0.25) is 0 Å². The second-order valence-corrected chi connectivity index (χ2v) is 6.47. The summed E-state index contributed by atoms with van der Waals surface area (Å²) in [6, 6.07) is 10.5. The summed E-state index contributed by atoms with van der Waals surface area (Å²) in [4.78, 5) is 5.08. The molecule has 21 heavy (non-hydrogen) atoms. The normalized spacial score (nSPS) is 10.7. The van der Waals surface area contributed by atoms with Crippen LogP contribution >= 0.6 is 11.3 Å². The average molecular weight is 304 g/mol. The number of rotatable bonds is 7. The molecule has 0 saturated carbocycles. The van der Waals surface area contributed by atoms with E-state index in [0.29, 0.717) is 0 Å². The average Bonchev–Trinajstić information content (AvgIpc) is 2.85. The molecular weight excluding hydrogens is 280 g/mol. The molecule has 0 aliphatic heterocycles. The molecule has 0 unspecified atom stereocenters. The molecule has 0 radical (unpaired) electrons. The van der Waals surface area contributed by atoms with Crippen LogP contribution in [-0.4, -0.2) is 20.7 Å². The second-order valence-electron chi connectivity index (χ2n) is 5.13. The Balaban J connectivity index is 2.04. The number of anilines is 1. The lowest BCUT2D eigenvalue weighted by atomic mass is 10.2. The van der Waals surface area contributed by atoms with E-state index in [-0.39, 0.29) is 0 Å². The quantitative estimate of drug-likeness (QED) is 0.842. The maximum absolute atomic E-state index is 5.20. The lowest BCUT2D eigenvalue weighted by Crippen LogP contribution is -2.16. The van der Waals surface area contributed by atoms with Gasteiger partial charge in [0.05, 0.1) is 7.11 Å². The van der Waals surface area contributed by atoms with Gasteiger partial charge < -0.3 is 15.0 Å². The van der Waals surface area contributed by atoms with Crippen molar-refractivity contribution in [3.63, 3.8) is 0 Å². The highest BCUT2D eigenvalue weighted by molar-refractivity contribution is 7.12. The zero-order chi connectivity index (χ0) is 15.2. The van der Waals surface area contributed by atoms with E-state index in [9.17, 15) is 0 Å². The molecule has 4 heteroatoms. The fourth-order valence-electron chi connectivity index (χ4n) is 2.26. The van der Waals surface area contributed by atoms with Crippen LogP contribution in [0.1, 0.15) is 22.2 Å². The monoisotopic (exact) mass is 304 g/mol. The lowest BCUT2D eigenvalue weighted by Gasteiger charge is -2.19. The molecule has 3 nitrogen and oxygen atoms in total. The standard InChI is InChI=1S/C17H24N2OS/c1-5-18-11-17-10-14(13(2)21-17)12-19(3)15-6-8-16(20-4)9-7-15/h6-10,18H,5,11-12H2,1-4H3. The maximum Gasteiger partial charge on any atom is 0.119 e. The molecule has 1 heterocycles. The molecule has 1 N–H and O–H groups in total. The summed E-state index contributed by atoms with van der Waals surface area (Å²) in [7, 11) is 3.82. The topological polar surface area (TPSA) is 24.5 Å². The molecule has 114 valence electrons. The minimum atomic E-state index is 0.895. The van der Waals surface area contributed by atoms with E-state index in [2.05, 4.69) is 49.3 Å². The van der Waals surface area contributed by atoms with Gasteiger partial charge in [0.1, 0.15) is 5.75 Å². The maximum atomic E-state index is 5.20. The summed E-state index contributed by atoms with van der Waals surface area (Å²) in [5.41, 5.74) is 2.61. The number of ether oxygens (including phenoxy) is 1. The van der Waals surface area contributed by atoms with Crippen LogP contribution in [0.25, 0.3) is 0 Å². The van der Waals surface area contributed by atoms with Crippen molar-refractivity contribution >= 4 is 17.0 Å². The Kier molecular flexibility index (Phi) is 5.65. The number of nitrogens with zero attached hydrogens (tertiary/aromatic N) is 1.